The summed E-state index contributed by atoms with van der Waals surface area (Å²) >= 11 is 0. The van der Waals surface area contributed by atoms with Gasteiger partial charge in [0.2, 0.25) is 5.89 Å². The van der Waals surface area contributed by atoms with Crippen LogP contribution in [0.25, 0.3) is 0 Å². The SMILES string of the molecule is COCCC1(c2noc(C3CC3)n2)CCCN(C(=O)Nc2cc(OC)ccc2OC)C1. The fraction of sp³-hybridized carbons (Fsp3) is 0.591. The van der Waals surface area contributed by atoms with E-state index in [9.17, 15) is 4.79 Å². The van der Waals surface area contributed by atoms with Gasteiger partial charge in [0.05, 0.1) is 25.3 Å². The van der Waals surface area contributed by atoms with Gasteiger partial charge in [-0.3, -0.25) is 0 Å². The van der Waals surface area contributed by atoms with Crippen LogP contribution in [-0.2, 0) is 10.2 Å². The Bertz CT molecular complexity index is 913. The molecule has 2 aliphatic rings. The summed E-state index contributed by atoms with van der Waals surface area (Å²) in [5, 5.41) is 7.29. The Morgan fingerprint density at radius 3 is 2.84 bits per heavy atom. The van der Waals surface area contributed by atoms with Gasteiger partial charge in [-0.25, -0.2) is 4.79 Å². The van der Waals surface area contributed by atoms with E-state index in [4.69, 9.17) is 23.7 Å². The summed E-state index contributed by atoms with van der Waals surface area (Å²) < 4.78 is 21.6. The summed E-state index contributed by atoms with van der Waals surface area (Å²) in [6, 6.07) is 5.12. The number of hydrogen-bond acceptors (Lipinski definition) is 7. The van der Waals surface area contributed by atoms with E-state index in [-0.39, 0.29) is 11.4 Å². The average Bonchev–Trinajstić information content (AvgIpc) is 3.53. The number of urea groups is 1. The van der Waals surface area contributed by atoms with Gasteiger partial charge in [-0.05, 0) is 44.2 Å². The Morgan fingerprint density at radius 2 is 2.13 bits per heavy atom. The molecule has 0 bridgehead atoms. The first-order valence-electron chi connectivity index (χ1n) is 10.7. The highest BCUT2D eigenvalue weighted by atomic mass is 16.5. The van der Waals surface area contributed by atoms with E-state index in [1.807, 2.05) is 4.90 Å². The Hall–Kier alpha value is -2.81. The van der Waals surface area contributed by atoms with Crippen molar-refractivity contribution < 1.29 is 23.5 Å². The number of rotatable bonds is 8. The monoisotopic (exact) mass is 430 g/mol. The molecule has 1 aromatic carbocycles. The van der Waals surface area contributed by atoms with Crippen LogP contribution in [-0.4, -0.2) is 62.1 Å². The summed E-state index contributed by atoms with van der Waals surface area (Å²) in [6.45, 7) is 1.71. The van der Waals surface area contributed by atoms with E-state index in [0.717, 1.165) is 38.0 Å². The lowest BCUT2D eigenvalue weighted by Crippen LogP contribution is -2.50. The molecule has 1 unspecified atom stereocenters. The van der Waals surface area contributed by atoms with E-state index in [1.54, 1.807) is 39.5 Å². The van der Waals surface area contributed by atoms with Crippen molar-refractivity contribution >= 4 is 11.7 Å². The van der Waals surface area contributed by atoms with Gasteiger partial charge in [-0.2, -0.15) is 4.98 Å². The number of benzene rings is 1. The minimum Gasteiger partial charge on any atom is -0.497 e. The number of nitrogens with one attached hydrogen (secondary N) is 1. The number of amides is 2. The molecule has 1 aliphatic heterocycles. The summed E-state index contributed by atoms with van der Waals surface area (Å²) in [5.41, 5.74) is 0.177. The highest BCUT2D eigenvalue weighted by molar-refractivity contribution is 5.91. The zero-order chi connectivity index (χ0) is 21.8. The van der Waals surface area contributed by atoms with Crippen LogP contribution in [0.15, 0.2) is 22.7 Å². The van der Waals surface area contributed by atoms with Crippen LogP contribution >= 0.6 is 0 Å². The molecule has 9 nitrogen and oxygen atoms in total. The van der Waals surface area contributed by atoms with Gasteiger partial charge in [-0.15, -0.1) is 0 Å². The smallest absolute Gasteiger partial charge is 0.321 e. The Balaban J connectivity index is 1.54. The minimum atomic E-state index is -0.388. The molecule has 168 valence electrons. The molecule has 9 heteroatoms. The standard InChI is InChI=1S/C22H30N4O5/c1-28-12-10-22(20-24-19(31-25-20)15-5-6-15)9-4-11-26(14-22)21(27)23-17-13-16(29-2)7-8-18(17)30-3/h7-8,13,15H,4-6,9-12,14H2,1-3H3,(H,23,27). The zero-order valence-electron chi connectivity index (χ0n) is 18.3. The maximum Gasteiger partial charge on any atom is 0.321 e. The number of carbonyl (C=O) groups excluding carboxylic acids is 1. The molecule has 0 spiro atoms. The first-order valence-corrected chi connectivity index (χ1v) is 10.7. The summed E-state index contributed by atoms with van der Waals surface area (Å²) in [6.07, 6.45) is 4.65. The quantitative estimate of drug-likeness (QED) is 0.683. The van der Waals surface area contributed by atoms with Gasteiger partial charge in [0.25, 0.3) is 0 Å². The molecule has 0 radical (unpaired) electrons. The normalized spacial score (nSPS) is 21.1. The van der Waals surface area contributed by atoms with Gasteiger partial charge >= 0.3 is 6.03 Å². The molecule has 1 aliphatic carbocycles. The topological polar surface area (TPSA) is 99.0 Å². The van der Waals surface area contributed by atoms with Crippen molar-refractivity contribution in [1.29, 1.82) is 0 Å². The number of ether oxygens (including phenoxy) is 3. The van der Waals surface area contributed by atoms with Gasteiger partial charge < -0.3 is 29.0 Å². The maximum atomic E-state index is 13.2. The number of methoxy groups -OCH3 is 3. The minimum absolute atomic E-state index is 0.195. The van der Waals surface area contributed by atoms with Crippen LogP contribution in [0.1, 0.15) is 49.7 Å². The van der Waals surface area contributed by atoms with Gasteiger partial charge in [0.15, 0.2) is 5.82 Å². The first kappa shape index (κ1) is 21.4. The molecular weight excluding hydrogens is 400 g/mol. The molecule has 1 saturated heterocycles. The lowest BCUT2D eigenvalue weighted by Gasteiger charge is -2.40. The van der Waals surface area contributed by atoms with Gasteiger partial charge in [0.1, 0.15) is 11.5 Å². The van der Waals surface area contributed by atoms with Crippen molar-refractivity contribution in [2.75, 3.05) is 46.3 Å². The van der Waals surface area contributed by atoms with E-state index in [0.29, 0.717) is 48.6 Å². The van der Waals surface area contributed by atoms with Crippen molar-refractivity contribution in [2.24, 2.45) is 0 Å². The predicted molar refractivity (Wildman–Crippen MR) is 114 cm³/mol. The van der Waals surface area contributed by atoms with E-state index >= 15 is 0 Å². The van der Waals surface area contributed by atoms with E-state index < -0.39 is 0 Å². The molecule has 2 fully saturated rings. The highest BCUT2D eigenvalue weighted by Gasteiger charge is 2.43. The maximum absolute atomic E-state index is 13.2. The highest BCUT2D eigenvalue weighted by Crippen LogP contribution is 2.42. The molecule has 31 heavy (non-hydrogen) atoms. The number of piperidine rings is 1. The van der Waals surface area contributed by atoms with E-state index in [2.05, 4.69) is 10.5 Å². The summed E-state index contributed by atoms with van der Waals surface area (Å²) in [5.74, 6) is 3.01. The van der Waals surface area contributed by atoms with Crippen LogP contribution in [0, 0.1) is 0 Å². The molecule has 1 saturated carbocycles. The number of carbonyl (C=O) groups is 1. The number of anilines is 1. The van der Waals surface area contributed by atoms with Crippen LogP contribution in [0.4, 0.5) is 10.5 Å². The molecule has 1 N–H and O–H groups in total. The van der Waals surface area contributed by atoms with Crippen LogP contribution in [0.5, 0.6) is 11.5 Å². The summed E-state index contributed by atoms with van der Waals surface area (Å²) in [7, 11) is 4.84. The molecular formula is C22H30N4O5. The second kappa shape index (κ2) is 9.13. The second-order valence-electron chi connectivity index (χ2n) is 8.28. The van der Waals surface area contributed by atoms with Crippen molar-refractivity contribution in [3.63, 3.8) is 0 Å². The fourth-order valence-corrected chi connectivity index (χ4v) is 4.15. The third kappa shape index (κ3) is 4.61. The Kier molecular flexibility index (Phi) is 6.31. The molecule has 4 rings (SSSR count). The first-order chi connectivity index (χ1) is 15.1. The fourth-order valence-electron chi connectivity index (χ4n) is 4.15. The molecule has 2 amide bonds. The largest absolute Gasteiger partial charge is 0.497 e. The lowest BCUT2D eigenvalue weighted by molar-refractivity contribution is 0.111. The Labute approximate surface area is 182 Å². The van der Waals surface area contributed by atoms with Gasteiger partial charge in [0, 0.05) is 38.8 Å². The number of hydrogen-bond donors (Lipinski definition) is 1. The Morgan fingerprint density at radius 1 is 1.29 bits per heavy atom. The van der Waals surface area contributed by atoms with Crippen molar-refractivity contribution in [3.05, 3.63) is 29.9 Å². The number of likely N-dealkylation sites (tertiary alicyclic amines) is 1. The summed E-state index contributed by atoms with van der Waals surface area (Å²) in [4.78, 5) is 19.7. The van der Waals surface area contributed by atoms with Crippen molar-refractivity contribution in [1.82, 2.24) is 15.0 Å². The van der Waals surface area contributed by atoms with Crippen LogP contribution < -0.4 is 14.8 Å². The number of aromatic nitrogens is 2. The lowest BCUT2D eigenvalue weighted by atomic mass is 9.76. The van der Waals surface area contributed by atoms with Crippen LogP contribution in [0.2, 0.25) is 0 Å². The molecule has 2 aromatic rings. The average molecular weight is 431 g/mol. The van der Waals surface area contributed by atoms with Crippen molar-refractivity contribution in [2.45, 2.75) is 43.4 Å². The zero-order valence-corrected chi connectivity index (χ0v) is 18.3. The second-order valence-corrected chi connectivity index (χ2v) is 8.28. The predicted octanol–water partition coefficient (Wildman–Crippen LogP) is 3.57. The molecule has 2 heterocycles. The third-order valence-electron chi connectivity index (χ3n) is 6.14. The van der Waals surface area contributed by atoms with Crippen molar-refractivity contribution in [3.8, 4) is 11.5 Å². The third-order valence-corrected chi connectivity index (χ3v) is 6.14. The molecule has 1 aromatic heterocycles. The van der Waals surface area contributed by atoms with Crippen LogP contribution in [0.3, 0.4) is 0 Å². The van der Waals surface area contributed by atoms with Gasteiger partial charge in [-0.1, -0.05) is 5.16 Å². The molecule has 1 atom stereocenters. The number of nitrogens with zero attached hydrogens (tertiary/aromatic N) is 3. The van der Waals surface area contributed by atoms with E-state index in [1.165, 1.54) is 0 Å².